The quantitative estimate of drug-likeness (QED) is 0.890. The van der Waals surface area contributed by atoms with E-state index in [1.54, 1.807) is 4.90 Å². The van der Waals surface area contributed by atoms with Crippen molar-refractivity contribution in [3.05, 3.63) is 29.3 Å². The number of nitrogens with two attached hydrogens (primary N) is 1. The van der Waals surface area contributed by atoms with Gasteiger partial charge in [0, 0.05) is 6.54 Å². The van der Waals surface area contributed by atoms with E-state index in [1.807, 2.05) is 39.0 Å². The van der Waals surface area contributed by atoms with Crippen molar-refractivity contribution in [2.75, 3.05) is 11.4 Å². The zero-order chi connectivity index (χ0) is 16.5. The van der Waals surface area contributed by atoms with Crippen molar-refractivity contribution in [1.29, 1.82) is 0 Å². The molecule has 1 atom stereocenters. The fourth-order valence-corrected chi connectivity index (χ4v) is 2.53. The fraction of sp³-hybridized carbons (Fsp3) is 0.500. The van der Waals surface area contributed by atoms with Crippen LogP contribution >= 0.6 is 0 Å². The molecule has 0 bridgehead atoms. The van der Waals surface area contributed by atoms with E-state index >= 15 is 0 Å². The number of hydrogen-bond acceptors (Lipinski definition) is 4. The highest BCUT2D eigenvalue weighted by molar-refractivity contribution is 5.91. The summed E-state index contributed by atoms with van der Waals surface area (Å²) in [6.07, 6.45) is 0.545. The van der Waals surface area contributed by atoms with Crippen molar-refractivity contribution < 1.29 is 19.4 Å². The van der Waals surface area contributed by atoms with Crippen LogP contribution in [-0.2, 0) is 22.4 Å². The number of nitrogens with zero attached hydrogens (tertiary/aromatic N) is 1. The van der Waals surface area contributed by atoms with E-state index in [0.717, 1.165) is 16.8 Å². The third-order valence-electron chi connectivity index (χ3n) is 3.50. The lowest BCUT2D eigenvalue weighted by molar-refractivity contribution is -0.138. The zero-order valence-corrected chi connectivity index (χ0v) is 13.1. The predicted octanol–water partition coefficient (Wildman–Crippen LogP) is 1.94. The van der Waals surface area contributed by atoms with Crippen molar-refractivity contribution in [2.45, 2.75) is 45.3 Å². The van der Waals surface area contributed by atoms with E-state index in [9.17, 15) is 9.59 Å². The van der Waals surface area contributed by atoms with Gasteiger partial charge in [-0.1, -0.05) is 12.1 Å². The molecule has 22 heavy (non-hydrogen) atoms. The van der Waals surface area contributed by atoms with Gasteiger partial charge in [0.25, 0.3) is 0 Å². The van der Waals surface area contributed by atoms with Gasteiger partial charge < -0.3 is 15.6 Å². The average molecular weight is 306 g/mol. The fourth-order valence-electron chi connectivity index (χ4n) is 2.53. The van der Waals surface area contributed by atoms with Crippen molar-refractivity contribution in [1.82, 2.24) is 0 Å². The summed E-state index contributed by atoms with van der Waals surface area (Å²) >= 11 is 0. The van der Waals surface area contributed by atoms with Crippen molar-refractivity contribution in [3.63, 3.8) is 0 Å². The summed E-state index contributed by atoms with van der Waals surface area (Å²) in [5, 5.41) is 8.95. The highest BCUT2D eigenvalue weighted by Gasteiger charge is 2.30. The maximum Gasteiger partial charge on any atom is 0.414 e. The van der Waals surface area contributed by atoms with Gasteiger partial charge in [0.15, 0.2) is 0 Å². The summed E-state index contributed by atoms with van der Waals surface area (Å²) in [4.78, 5) is 24.8. The highest BCUT2D eigenvalue weighted by Crippen LogP contribution is 2.32. The van der Waals surface area contributed by atoms with Crippen LogP contribution in [-0.4, -0.2) is 35.4 Å². The Kier molecular flexibility index (Phi) is 4.42. The molecule has 0 aliphatic carbocycles. The number of anilines is 1. The van der Waals surface area contributed by atoms with Gasteiger partial charge in [-0.25, -0.2) is 4.79 Å². The van der Waals surface area contributed by atoms with Gasteiger partial charge in [-0.15, -0.1) is 0 Å². The second-order valence-electron chi connectivity index (χ2n) is 6.45. The monoisotopic (exact) mass is 306 g/mol. The largest absolute Gasteiger partial charge is 0.480 e. The Labute approximate surface area is 129 Å². The Bertz CT molecular complexity index is 592. The molecule has 0 fully saturated rings. The van der Waals surface area contributed by atoms with E-state index in [4.69, 9.17) is 15.6 Å². The molecule has 1 aliphatic heterocycles. The summed E-state index contributed by atoms with van der Waals surface area (Å²) in [7, 11) is 0. The minimum Gasteiger partial charge on any atom is -0.480 e. The molecule has 1 amide bonds. The second kappa shape index (κ2) is 5.96. The molecule has 1 aromatic rings. The SMILES string of the molecule is CC(C)(C)OC(=O)N1CCc2c(CC(N)C(=O)O)cccc21. The van der Waals surface area contributed by atoms with E-state index in [1.165, 1.54) is 0 Å². The number of rotatable bonds is 3. The molecule has 1 heterocycles. The number of amides is 1. The lowest BCUT2D eigenvalue weighted by Gasteiger charge is -2.25. The molecule has 0 saturated heterocycles. The first-order chi connectivity index (χ1) is 10.2. The molecule has 1 aliphatic rings. The molecule has 120 valence electrons. The smallest absolute Gasteiger partial charge is 0.414 e. The van der Waals surface area contributed by atoms with Crippen LogP contribution in [0.4, 0.5) is 10.5 Å². The van der Waals surface area contributed by atoms with Crippen LogP contribution in [0.1, 0.15) is 31.9 Å². The van der Waals surface area contributed by atoms with Gasteiger partial charge in [-0.3, -0.25) is 9.69 Å². The maximum absolute atomic E-state index is 12.3. The van der Waals surface area contributed by atoms with Crippen molar-refractivity contribution >= 4 is 17.7 Å². The first kappa shape index (κ1) is 16.3. The minimum atomic E-state index is -1.03. The standard InChI is InChI=1S/C16H22N2O4/c1-16(2,3)22-15(21)18-8-7-11-10(5-4-6-13(11)18)9-12(17)14(19)20/h4-6,12H,7-9,17H2,1-3H3,(H,19,20). The number of hydrogen-bond donors (Lipinski definition) is 2. The molecule has 0 saturated carbocycles. The van der Waals surface area contributed by atoms with Crippen LogP contribution in [0.2, 0.25) is 0 Å². The predicted molar refractivity (Wildman–Crippen MR) is 83.0 cm³/mol. The molecule has 0 radical (unpaired) electrons. The molecule has 6 heteroatoms. The van der Waals surface area contributed by atoms with Crippen LogP contribution in [0.25, 0.3) is 0 Å². The highest BCUT2D eigenvalue weighted by atomic mass is 16.6. The first-order valence-corrected chi connectivity index (χ1v) is 7.28. The lowest BCUT2D eigenvalue weighted by Crippen LogP contribution is -2.35. The Hall–Kier alpha value is -2.08. The lowest BCUT2D eigenvalue weighted by atomic mass is 9.99. The Balaban J connectivity index is 2.22. The molecule has 6 nitrogen and oxygen atoms in total. The van der Waals surface area contributed by atoms with Crippen LogP contribution in [0.3, 0.4) is 0 Å². The number of fused-ring (bicyclic) bond motifs is 1. The number of carbonyl (C=O) groups is 2. The summed E-state index contributed by atoms with van der Waals surface area (Å²) in [6, 6.07) is 4.58. The minimum absolute atomic E-state index is 0.251. The third kappa shape index (κ3) is 3.57. The Morgan fingerprint density at radius 3 is 2.68 bits per heavy atom. The third-order valence-corrected chi connectivity index (χ3v) is 3.50. The normalized spacial score (nSPS) is 15.4. The van der Waals surface area contributed by atoms with Crippen LogP contribution in [0, 0.1) is 0 Å². The van der Waals surface area contributed by atoms with E-state index in [0.29, 0.717) is 13.0 Å². The molecule has 2 rings (SSSR count). The number of carbonyl (C=O) groups excluding carboxylic acids is 1. The van der Waals surface area contributed by atoms with Gasteiger partial charge in [0.2, 0.25) is 0 Å². The topological polar surface area (TPSA) is 92.9 Å². The van der Waals surface area contributed by atoms with Crippen molar-refractivity contribution in [2.24, 2.45) is 5.73 Å². The van der Waals surface area contributed by atoms with Crippen LogP contribution < -0.4 is 10.6 Å². The second-order valence-corrected chi connectivity index (χ2v) is 6.45. The van der Waals surface area contributed by atoms with E-state index < -0.39 is 17.6 Å². The summed E-state index contributed by atoms with van der Waals surface area (Å²) in [5.74, 6) is -1.03. The summed E-state index contributed by atoms with van der Waals surface area (Å²) in [6.45, 7) is 6.00. The molecule has 1 unspecified atom stereocenters. The van der Waals surface area contributed by atoms with Crippen LogP contribution in [0.5, 0.6) is 0 Å². The van der Waals surface area contributed by atoms with E-state index in [-0.39, 0.29) is 12.5 Å². The number of carboxylic acids is 1. The summed E-state index contributed by atoms with van der Waals surface area (Å²) in [5.41, 5.74) is 7.70. The Morgan fingerprint density at radius 2 is 2.09 bits per heavy atom. The van der Waals surface area contributed by atoms with Gasteiger partial charge in [-0.05, 0) is 50.8 Å². The molecule has 1 aromatic carbocycles. The number of ether oxygens (including phenoxy) is 1. The molecular weight excluding hydrogens is 284 g/mol. The Morgan fingerprint density at radius 1 is 1.41 bits per heavy atom. The number of benzene rings is 1. The van der Waals surface area contributed by atoms with Gasteiger partial charge >= 0.3 is 12.1 Å². The van der Waals surface area contributed by atoms with Crippen LogP contribution in [0.15, 0.2) is 18.2 Å². The zero-order valence-electron chi connectivity index (χ0n) is 13.1. The molecule has 3 N–H and O–H groups in total. The summed E-state index contributed by atoms with van der Waals surface area (Å²) < 4.78 is 5.41. The molecule has 0 spiro atoms. The van der Waals surface area contributed by atoms with E-state index in [2.05, 4.69) is 0 Å². The molecular formula is C16H22N2O4. The van der Waals surface area contributed by atoms with Crippen molar-refractivity contribution in [3.8, 4) is 0 Å². The number of aliphatic carboxylic acids is 1. The molecule has 0 aromatic heterocycles. The maximum atomic E-state index is 12.3. The van der Waals surface area contributed by atoms with Gasteiger partial charge in [-0.2, -0.15) is 0 Å². The average Bonchev–Trinajstić information content (AvgIpc) is 2.81. The van der Waals surface area contributed by atoms with Gasteiger partial charge in [0.05, 0.1) is 5.69 Å². The number of carboxylic acid groups (broad SMARTS) is 1. The van der Waals surface area contributed by atoms with Gasteiger partial charge in [0.1, 0.15) is 11.6 Å². The first-order valence-electron chi connectivity index (χ1n) is 7.28.